The van der Waals surface area contributed by atoms with Crippen LogP contribution in [0.4, 0.5) is 36.8 Å². The van der Waals surface area contributed by atoms with Crippen LogP contribution < -0.4 is 21.2 Å². The predicted molar refractivity (Wildman–Crippen MR) is 159 cm³/mol. The molecule has 2 aliphatic rings. The molecular formula is C33H33F6N2OP. The number of alkyl halides is 6. The number of rotatable bonds is 6. The Balaban J connectivity index is 1.45. The van der Waals surface area contributed by atoms with Gasteiger partial charge in [-0.1, -0.05) is 78.2 Å². The zero-order valence-electron chi connectivity index (χ0n) is 23.6. The number of amides is 2. The molecule has 0 aromatic heterocycles. The van der Waals surface area contributed by atoms with Crippen molar-refractivity contribution in [1.29, 1.82) is 0 Å². The smallest absolute Gasteiger partial charge is 0.335 e. The molecule has 0 fully saturated rings. The Labute approximate surface area is 248 Å². The van der Waals surface area contributed by atoms with Gasteiger partial charge in [-0.15, -0.1) is 0 Å². The maximum atomic E-state index is 13.4. The highest BCUT2D eigenvalue weighted by atomic mass is 31.1. The maximum absolute atomic E-state index is 13.4. The standard InChI is InChI=1S/C33H33F6N2OP/c1-21(40-31(42)41-25-19-23(32(34,35)36)18-24(20-25)33(37,38)39)30-28-16-10-2-5-11-22(28)17-29(30)43(26-12-6-3-7-13-26)27-14-8-4-9-15-27/h3-4,6-9,12-15,18-21,29-30H,2,5,10-11,16-17H2,1H3,(H2,40,41,42)/t21-,29+,30?/m1/s1. The topological polar surface area (TPSA) is 41.1 Å². The largest absolute Gasteiger partial charge is 0.416 e. The first kappa shape index (κ1) is 31.1. The molecule has 228 valence electrons. The van der Waals surface area contributed by atoms with Crippen LogP contribution in [0.25, 0.3) is 0 Å². The second-order valence-electron chi connectivity index (χ2n) is 11.2. The second-order valence-corrected chi connectivity index (χ2v) is 13.6. The lowest BCUT2D eigenvalue weighted by Gasteiger charge is -2.35. The highest BCUT2D eigenvalue weighted by Crippen LogP contribution is 2.55. The number of anilines is 1. The molecule has 2 N–H and O–H groups in total. The summed E-state index contributed by atoms with van der Waals surface area (Å²) in [4.78, 5) is 13.2. The number of carbonyl (C=O) groups excluding carboxylic acids is 1. The molecule has 0 saturated carbocycles. The molecular weight excluding hydrogens is 585 g/mol. The molecule has 0 aliphatic heterocycles. The Hall–Kier alpha value is -3.32. The van der Waals surface area contributed by atoms with Crippen molar-refractivity contribution in [3.05, 3.63) is 101 Å². The number of carbonyl (C=O) groups is 1. The highest BCUT2D eigenvalue weighted by Gasteiger charge is 2.43. The summed E-state index contributed by atoms with van der Waals surface area (Å²) in [6.45, 7) is 1.88. The van der Waals surface area contributed by atoms with Crippen molar-refractivity contribution in [1.82, 2.24) is 5.32 Å². The van der Waals surface area contributed by atoms with Gasteiger partial charge in [-0.3, -0.25) is 0 Å². The SMILES string of the molecule is C[C@@H](NC(=O)Nc1cc(C(F)(F)F)cc(C(F)(F)F)c1)C1C2=C(CCCCC2)C[C@@H]1P(c1ccccc1)c1ccccc1. The van der Waals surface area contributed by atoms with E-state index in [1.165, 1.54) is 21.8 Å². The molecule has 3 nitrogen and oxygen atoms in total. The molecule has 0 spiro atoms. The van der Waals surface area contributed by atoms with Gasteiger partial charge in [0, 0.05) is 17.6 Å². The Morgan fingerprint density at radius 3 is 1.86 bits per heavy atom. The first-order valence-corrected chi connectivity index (χ1v) is 15.8. The van der Waals surface area contributed by atoms with Crippen molar-refractivity contribution < 1.29 is 31.1 Å². The minimum atomic E-state index is -5.01. The normalized spacial score (nSPS) is 20.0. The van der Waals surface area contributed by atoms with Crippen LogP contribution in [-0.2, 0) is 12.4 Å². The summed E-state index contributed by atoms with van der Waals surface area (Å²) in [7, 11) is -0.841. The monoisotopic (exact) mass is 618 g/mol. The van der Waals surface area contributed by atoms with E-state index >= 15 is 0 Å². The maximum Gasteiger partial charge on any atom is 0.416 e. The average Bonchev–Trinajstić information content (AvgIpc) is 3.14. The van der Waals surface area contributed by atoms with E-state index in [0.29, 0.717) is 12.1 Å². The minimum absolute atomic E-state index is 0.0300. The Morgan fingerprint density at radius 2 is 1.33 bits per heavy atom. The van der Waals surface area contributed by atoms with Crippen molar-refractivity contribution in [3.63, 3.8) is 0 Å². The van der Waals surface area contributed by atoms with Crippen LogP contribution in [0.1, 0.15) is 56.6 Å². The summed E-state index contributed by atoms with van der Waals surface area (Å²) in [6.07, 6.45) is -3.94. The molecule has 0 saturated heterocycles. The van der Waals surface area contributed by atoms with Crippen LogP contribution in [0, 0.1) is 5.92 Å². The fourth-order valence-electron chi connectivity index (χ4n) is 6.50. The van der Waals surface area contributed by atoms with Crippen LogP contribution in [-0.4, -0.2) is 17.7 Å². The summed E-state index contributed by atoms with van der Waals surface area (Å²) in [5, 5.41) is 7.58. The summed E-state index contributed by atoms with van der Waals surface area (Å²) in [6, 6.07) is 20.4. The van der Waals surface area contributed by atoms with Crippen molar-refractivity contribution in [2.24, 2.45) is 5.92 Å². The third-order valence-corrected chi connectivity index (χ3v) is 11.2. The van der Waals surface area contributed by atoms with Gasteiger partial charge in [0.15, 0.2) is 0 Å². The molecule has 3 aromatic rings. The number of hydrogen-bond acceptors (Lipinski definition) is 1. The van der Waals surface area contributed by atoms with Crippen LogP contribution in [0.5, 0.6) is 0 Å². The van der Waals surface area contributed by atoms with Crippen molar-refractivity contribution >= 4 is 30.2 Å². The lowest BCUT2D eigenvalue weighted by molar-refractivity contribution is -0.143. The van der Waals surface area contributed by atoms with E-state index < -0.39 is 49.2 Å². The number of benzene rings is 3. The fraction of sp³-hybridized carbons (Fsp3) is 0.364. The van der Waals surface area contributed by atoms with E-state index in [2.05, 4.69) is 34.9 Å². The Kier molecular flexibility index (Phi) is 9.21. The lowest BCUT2D eigenvalue weighted by Crippen LogP contribution is -2.44. The van der Waals surface area contributed by atoms with Gasteiger partial charge >= 0.3 is 18.4 Å². The lowest BCUT2D eigenvalue weighted by atomic mass is 9.90. The van der Waals surface area contributed by atoms with Gasteiger partial charge in [-0.25, -0.2) is 4.79 Å². The van der Waals surface area contributed by atoms with E-state index in [-0.39, 0.29) is 17.6 Å². The van der Waals surface area contributed by atoms with Crippen LogP contribution in [0.2, 0.25) is 0 Å². The zero-order chi connectivity index (χ0) is 30.8. The van der Waals surface area contributed by atoms with Crippen molar-refractivity contribution in [2.45, 2.75) is 69.5 Å². The zero-order valence-corrected chi connectivity index (χ0v) is 24.5. The molecule has 5 rings (SSSR count). The van der Waals surface area contributed by atoms with E-state index in [4.69, 9.17) is 0 Å². The molecule has 0 bridgehead atoms. The minimum Gasteiger partial charge on any atom is -0.335 e. The number of halogens is 6. The van der Waals surface area contributed by atoms with Gasteiger partial charge in [-0.2, -0.15) is 26.3 Å². The van der Waals surface area contributed by atoms with Crippen molar-refractivity contribution in [2.75, 3.05) is 5.32 Å². The predicted octanol–water partition coefficient (Wildman–Crippen LogP) is 9.02. The first-order valence-electron chi connectivity index (χ1n) is 14.4. The van der Waals surface area contributed by atoms with Crippen LogP contribution >= 0.6 is 7.92 Å². The van der Waals surface area contributed by atoms with E-state index in [1.54, 1.807) is 0 Å². The average molecular weight is 619 g/mol. The van der Waals surface area contributed by atoms with Gasteiger partial charge in [0.1, 0.15) is 0 Å². The van der Waals surface area contributed by atoms with Crippen LogP contribution in [0.15, 0.2) is 90.0 Å². The van der Waals surface area contributed by atoms with Gasteiger partial charge in [-0.05, 0) is 81.4 Å². The molecule has 0 radical (unpaired) electrons. The van der Waals surface area contributed by atoms with Gasteiger partial charge in [0.05, 0.1) is 11.1 Å². The number of nitrogens with one attached hydrogen (secondary N) is 2. The van der Waals surface area contributed by atoms with Crippen molar-refractivity contribution in [3.8, 4) is 0 Å². The van der Waals surface area contributed by atoms with Gasteiger partial charge in [0.2, 0.25) is 0 Å². The number of allylic oxidation sites excluding steroid dienone is 1. The molecule has 1 unspecified atom stereocenters. The van der Waals surface area contributed by atoms with Gasteiger partial charge < -0.3 is 10.6 Å². The van der Waals surface area contributed by atoms with E-state index in [9.17, 15) is 31.1 Å². The summed E-state index contributed by atoms with van der Waals surface area (Å²) >= 11 is 0. The van der Waals surface area contributed by atoms with E-state index in [0.717, 1.165) is 38.5 Å². The molecule has 3 atom stereocenters. The number of urea groups is 1. The summed E-state index contributed by atoms with van der Waals surface area (Å²) in [5.74, 6) is -0.0300. The molecule has 43 heavy (non-hydrogen) atoms. The molecule has 0 heterocycles. The summed E-state index contributed by atoms with van der Waals surface area (Å²) in [5.41, 5.74) is -0.595. The Bertz CT molecular complexity index is 1380. The first-order chi connectivity index (χ1) is 20.4. The third kappa shape index (κ3) is 7.26. The van der Waals surface area contributed by atoms with Crippen LogP contribution in [0.3, 0.4) is 0 Å². The molecule has 2 amide bonds. The summed E-state index contributed by atoms with van der Waals surface area (Å²) < 4.78 is 80.3. The van der Waals surface area contributed by atoms with Gasteiger partial charge in [0.25, 0.3) is 0 Å². The number of hydrogen-bond donors (Lipinski definition) is 2. The Morgan fingerprint density at radius 1 is 0.791 bits per heavy atom. The molecule has 2 aliphatic carbocycles. The molecule has 3 aromatic carbocycles. The fourth-order valence-corrected chi connectivity index (χ4v) is 9.72. The third-order valence-electron chi connectivity index (χ3n) is 8.29. The quantitative estimate of drug-likeness (QED) is 0.162. The molecule has 10 heteroatoms. The second kappa shape index (κ2) is 12.7. The highest BCUT2D eigenvalue weighted by molar-refractivity contribution is 7.73. The van der Waals surface area contributed by atoms with E-state index in [1.807, 2.05) is 43.3 Å².